The molecule has 258 valence electrons. The molecule has 0 saturated heterocycles. The lowest BCUT2D eigenvalue weighted by atomic mass is 9.95. The molecule has 0 atom stereocenters. The molecular formula is C52H33NOS. The Morgan fingerprint density at radius 3 is 1.93 bits per heavy atom. The molecular weight excluding hydrogens is 687 g/mol. The standard InChI is InChI=1S/C52H33NOS/c1-2-20-39-34(14-1)15-11-24-40(39)37-18-9-16-35(32-37)36-17-10-19-38(33-36)53(47-28-13-31-50-51(47)45-23-5-8-30-49(45)55-50)46-27-6-3-21-41(46)43-25-12-26-44-42-22-4-7-29-48(42)54-52(43)44/h1-33H. The SMILES string of the molecule is c1cc(-c2cccc(N(c3ccccc3-c3cccc4c3oc3ccccc34)c3cccc4sc5ccccc5c34)c2)cc(-c2cccc3ccccc23)c1. The fourth-order valence-corrected chi connectivity index (χ4v) is 9.50. The molecule has 11 rings (SSSR count). The lowest BCUT2D eigenvalue weighted by Crippen LogP contribution is -2.11. The molecule has 0 radical (unpaired) electrons. The van der Waals surface area contributed by atoms with Crippen LogP contribution in [0.3, 0.4) is 0 Å². The number of hydrogen-bond donors (Lipinski definition) is 0. The molecule has 2 aromatic heterocycles. The van der Waals surface area contributed by atoms with Gasteiger partial charge in [-0.15, -0.1) is 11.3 Å². The third-order valence-corrected chi connectivity index (χ3v) is 12.0. The zero-order valence-corrected chi connectivity index (χ0v) is 30.6. The lowest BCUT2D eigenvalue weighted by Gasteiger charge is -2.29. The highest BCUT2D eigenvalue weighted by molar-refractivity contribution is 7.26. The van der Waals surface area contributed by atoms with Gasteiger partial charge in [-0.05, 0) is 81.6 Å². The van der Waals surface area contributed by atoms with E-state index in [1.165, 1.54) is 47.6 Å². The number of nitrogens with zero attached hydrogens (tertiary/aromatic N) is 1. The van der Waals surface area contributed by atoms with E-state index in [1.54, 1.807) is 0 Å². The average molecular weight is 720 g/mol. The van der Waals surface area contributed by atoms with Gasteiger partial charge in [0.2, 0.25) is 0 Å². The number of fused-ring (bicyclic) bond motifs is 7. The summed E-state index contributed by atoms with van der Waals surface area (Å²) >= 11 is 1.85. The molecule has 0 aliphatic rings. The highest BCUT2D eigenvalue weighted by atomic mass is 32.1. The van der Waals surface area contributed by atoms with Gasteiger partial charge < -0.3 is 9.32 Å². The molecule has 0 fully saturated rings. The van der Waals surface area contributed by atoms with Crippen LogP contribution in [0.1, 0.15) is 0 Å². The Morgan fingerprint density at radius 1 is 0.382 bits per heavy atom. The van der Waals surface area contributed by atoms with Crippen molar-refractivity contribution < 1.29 is 4.42 Å². The third-order valence-electron chi connectivity index (χ3n) is 10.9. The zero-order chi connectivity index (χ0) is 36.3. The van der Waals surface area contributed by atoms with Gasteiger partial charge >= 0.3 is 0 Å². The van der Waals surface area contributed by atoms with Crippen LogP contribution in [-0.4, -0.2) is 0 Å². The predicted octanol–water partition coefficient (Wildman–Crippen LogP) is 15.6. The van der Waals surface area contributed by atoms with Crippen molar-refractivity contribution in [1.29, 1.82) is 0 Å². The van der Waals surface area contributed by atoms with Gasteiger partial charge in [0.1, 0.15) is 11.2 Å². The van der Waals surface area contributed by atoms with Gasteiger partial charge in [-0.3, -0.25) is 0 Å². The van der Waals surface area contributed by atoms with Gasteiger partial charge in [-0.1, -0.05) is 152 Å². The first-order valence-corrected chi connectivity index (χ1v) is 19.5. The van der Waals surface area contributed by atoms with E-state index in [-0.39, 0.29) is 0 Å². The number of rotatable bonds is 6. The smallest absolute Gasteiger partial charge is 0.143 e. The second-order valence-electron chi connectivity index (χ2n) is 14.0. The normalized spacial score (nSPS) is 11.6. The van der Waals surface area contributed by atoms with Crippen molar-refractivity contribution in [3.05, 3.63) is 200 Å². The highest BCUT2D eigenvalue weighted by Gasteiger charge is 2.23. The Hall–Kier alpha value is -6.94. The zero-order valence-electron chi connectivity index (χ0n) is 29.8. The molecule has 3 heteroatoms. The van der Waals surface area contributed by atoms with Gasteiger partial charge in [-0.2, -0.15) is 0 Å². The molecule has 0 spiro atoms. The van der Waals surface area contributed by atoms with Gasteiger partial charge in [0.25, 0.3) is 0 Å². The molecule has 0 aliphatic heterocycles. The van der Waals surface area contributed by atoms with Gasteiger partial charge in [0, 0.05) is 47.8 Å². The number of thiophene rings is 1. The van der Waals surface area contributed by atoms with Crippen molar-refractivity contribution in [2.75, 3.05) is 4.90 Å². The van der Waals surface area contributed by atoms with E-state index < -0.39 is 0 Å². The summed E-state index contributed by atoms with van der Waals surface area (Å²) < 4.78 is 9.18. The second kappa shape index (κ2) is 12.9. The minimum absolute atomic E-state index is 0.896. The molecule has 0 unspecified atom stereocenters. The number of para-hydroxylation sites is 3. The third kappa shape index (κ3) is 5.24. The summed E-state index contributed by atoms with van der Waals surface area (Å²) in [4.78, 5) is 2.45. The molecule has 0 N–H and O–H groups in total. The quantitative estimate of drug-likeness (QED) is 0.170. The van der Waals surface area contributed by atoms with Crippen LogP contribution in [0.5, 0.6) is 0 Å². The van der Waals surface area contributed by atoms with E-state index in [2.05, 4.69) is 199 Å². The second-order valence-corrected chi connectivity index (χ2v) is 15.1. The maximum absolute atomic E-state index is 6.63. The first-order chi connectivity index (χ1) is 27.3. The molecule has 55 heavy (non-hydrogen) atoms. The van der Waals surface area contributed by atoms with Crippen molar-refractivity contribution in [2.45, 2.75) is 0 Å². The fourth-order valence-electron chi connectivity index (χ4n) is 8.37. The molecule has 2 heterocycles. The molecule has 0 amide bonds. The topological polar surface area (TPSA) is 16.4 Å². The van der Waals surface area contributed by atoms with Gasteiger partial charge in [0.15, 0.2) is 0 Å². The van der Waals surface area contributed by atoms with Crippen LogP contribution in [0.25, 0.3) is 86.3 Å². The van der Waals surface area contributed by atoms with Crippen molar-refractivity contribution in [3.63, 3.8) is 0 Å². The minimum Gasteiger partial charge on any atom is -0.455 e. The van der Waals surface area contributed by atoms with Crippen molar-refractivity contribution >= 4 is 81.3 Å². The Balaban J connectivity index is 1.14. The van der Waals surface area contributed by atoms with Crippen LogP contribution in [0.4, 0.5) is 17.1 Å². The largest absolute Gasteiger partial charge is 0.455 e. The number of anilines is 3. The molecule has 2 nitrogen and oxygen atoms in total. The molecule has 9 aromatic carbocycles. The van der Waals surface area contributed by atoms with Gasteiger partial charge in [-0.25, -0.2) is 0 Å². The highest BCUT2D eigenvalue weighted by Crippen LogP contribution is 2.49. The van der Waals surface area contributed by atoms with Crippen molar-refractivity contribution in [2.24, 2.45) is 0 Å². The van der Waals surface area contributed by atoms with E-state index in [4.69, 9.17) is 4.42 Å². The van der Waals surface area contributed by atoms with E-state index >= 15 is 0 Å². The monoisotopic (exact) mass is 719 g/mol. The van der Waals surface area contributed by atoms with E-state index in [9.17, 15) is 0 Å². The average Bonchev–Trinajstić information content (AvgIpc) is 3.83. The van der Waals surface area contributed by atoms with Crippen LogP contribution in [0.2, 0.25) is 0 Å². The molecule has 11 aromatic rings. The van der Waals surface area contributed by atoms with E-state index in [1.807, 2.05) is 17.4 Å². The molecule has 0 aliphatic carbocycles. The summed E-state index contributed by atoms with van der Waals surface area (Å²) in [6.07, 6.45) is 0. The fraction of sp³-hybridized carbons (Fsp3) is 0. The first kappa shape index (κ1) is 31.6. The number of benzene rings is 9. The molecule has 0 saturated carbocycles. The first-order valence-electron chi connectivity index (χ1n) is 18.7. The van der Waals surface area contributed by atoms with Crippen LogP contribution in [0, 0.1) is 0 Å². The van der Waals surface area contributed by atoms with Gasteiger partial charge in [0.05, 0.1) is 11.4 Å². The van der Waals surface area contributed by atoms with E-state index in [0.29, 0.717) is 0 Å². The number of furan rings is 1. The summed E-state index contributed by atoms with van der Waals surface area (Å²) in [6, 6.07) is 72.2. The van der Waals surface area contributed by atoms with Crippen LogP contribution >= 0.6 is 11.3 Å². The summed E-state index contributed by atoms with van der Waals surface area (Å²) in [5.41, 5.74) is 12.0. The van der Waals surface area contributed by atoms with E-state index in [0.717, 1.165) is 55.7 Å². The predicted molar refractivity (Wildman–Crippen MR) is 235 cm³/mol. The molecule has 0 bridgehead atoms. The summed E-state index contributed by atoms with van der Waals surface area (Å²) in [6.45, 7) is 0. The maximum atomic E-state index is 6.63. The summed E-state index contributed by atoms with van der Waals surface area (Å²) in [5, 5.41) is 7.27. The van der Waals surface area contributed by atoms with Crippen LogP contribution < -0.4 is 4.90 Å². The Morgan fingerprint density at radius 2 is 0.982 bits per heavy atom. The van der Waals surface area contributed by atoms with Crippen molar-refractivity contribution in [1.82, 2.24) is 0 Å². The van der Waals surface area contributed by atoms with Crippen LogP contribution in [-0.2, 0) is 0 Å². The summed E-state index contributed by atoms with van der Waals surface area (Å²) in [5.74, 6) is 0. The minimum atomic E-state index is 0.896. The Kier molecular flexibility index (Phi) is 7.39. The number of hydrogen-bond acceptors (Lipinski definition) is 3. The lowest BCUT2D eigenvalue weighted by molar-refractivity contribution is 0.670. The Bertz CT molecular complexity index is 3240. The van der Waals surface area contributed by atoms with Crippen molar-refractivity contribution in [3.8, 4) is 33.4 Å². The Labute approximate surface area is 322 Å². The maximum Gasteiger partial charge on any atom is 0.143 e. The van der Waals surface area contributed by atoms with Crippen LogP contribution in [0.15, 0.2) is 205 Å². The summed E-state index contributed by atoms with van der Waals surface area (Å²) in [7, 11) is 0.